The molecule has 21 heavy (non-hydrogen) atoms. The van der Waals surface area contributed by atoms with Gasteiger partial charge < -0.3 is 20.5 Å². The first-order chi connectivity index (χ1) is 10.0. The van der Waals surface area contributed by atoms with Crippen LogP contribution in [0, 0.1) is 10.8 Å². The zero-order valence-electron chi connectivity index (χ0n) is 12.7. The summed E-state index contributed by atoms with van der Waals surface area (Å²) in [6, 6.07) is -0.262. The summed E-state index contributed by atoms with van der Waals surface area (Å²) in [6.07, 6.45) is 5.53. The average molecular weight is 298 g/mol. The van der Waals surface area contributed by atoms with Gasteiger partial charge in [-0.1, -0.05) is 13.3 Å². The van der Waals surface area contributed by atoms with E-state index in [-0.39, 0.29) is 18.0 Å². The van der Waals surface area contributed by atoms with Crippen molar-refractivity contribution in [1.29, 1.82) is 0 Å². The highest BCUT2D eigenvalue weighted by molar-refractivity contribution is 5.78. The molecule has 2 amide bonds. The number of carboxylic acids is 1. The molecule has 6 nitrogen and oxygen atoms in total. The summed E-state index contributed by atoms with van der Waals surface area (Å²) < 4.78 is 5.22. The van der Waals surface area contributed by atoms with Crippen LogP contribution >= 0.6 is 0 Å². The third kappa shape index (κ3) is 3.67. The van der Waals surface area contributed by atoms with Crippen LogP contribution in [-0.4, -0.2) is 43.4 Å². The lowest BCUT2D eigenvalue weighted by Gasteiger charge is -2.41. The first-order valence-corrected chi connectivity index (χ1v) is 7.85. The standard InChI is InChI=1S/C15H26N2O4/c1-2-14(4-3-5-14)10-16-13(20)17-11-15(12(18)19)6-8-21-9-7-15/h2-11H2,1H3,(H,18,19)(H2,16,17,20). The maximum absolute atomic E-state index is 11.9. The molecule has 0 radical (unpaired) electrons. The molecule has 0 aromatic heterocycles. The molecule has 6 heteroatoms. The van der Waals surface area contributed by atoms with Crippen molar-refractivity contribution in [3.05, 3.63) is 0 Å². The van der Waals surface area contributed by atoms with Crippen molar-refractivity contribution < 1.29 is 19.4 Å². The molecule has 0 aromatic carbocycles. The van der Waals surface area contributed by atoms with Crippen molar-refractivity contribution in [2.75, 3.05) is 26.3 Å². The van der Waals surface area contributed by atoms with Gasteiger partial charge in [0.2, 0.25) is 0 Å². The predicted molar refractivity (Wildman–Crippen MR) is 78.1 cm³/mol. The summed E-state index contributed by atoms with van der Waals surface area (Å²) in [6.45, 7) is 3.87. The van der Waals surface area contributed by atoms with Crippen molar-refractivity contribution in [2.45, 2.75) is 45.4 Å². The molecular formula is C15H26N2O4. The van der Waals surface area contributed by atoms with Crippen LogP contribution in [0.25, 0.3) is 0 Å². The molecule has 0 atom stereocenters. The Hall–Kier alpha value is -1.30. The summed E-state index contributed by atoms with van der Waals surface area (Å²) in [5, 5.41) is 15.0. The Bertz CT molecular complexity index is 382. The van der Waals surface area contributed by atoms with E-state index >= 15 is 0 Å². The Morgan fingerprint density at radius 1 is 1.10 bits per heavy atom. The number of hydrogen-bond donors (Lipinski definition) is 3. The van der Waals surface area contributed by atoms with Gasteiger partial charge in [-0.3, -0.25) is 4.79 Å². The molecule has 120 valence electrons. The highest BCUT2D eigenvalue weighted by Gasteiger charge is 2.40. The fourth-order valence-corrected chi connectivity index (χ4v) is 3.14. The van der Waals surface area contributed by atoms with E-state index in [2.05, 4.69) is 17.6 Å². The monoisotopic (exact) mass is 298 g/mol. The zero-order chi connectivity index (χ0) is 15.3. The maximum Gasteiger partial charge on any atom is 0.314 e. The number of amides is 2. The summed E-state index contributed by atoms with van der Waals surface area (Å²) in [7, 11) is 0. The zero-order valence-corrected chi connectivity index (χ0v) is 12.7. The lowest BCUT2D eigenvalue weighted by molar-refractivity contribution is -0.154. The third-order valence-corrected chi connectivity index (χ3v) is 5.28. The number of urea groups is 1. The third-order valence-electron chi connectivity index (χ3n) is 5.28. The fraction of sp³-hybridized carbons (Fsp3) is 0.867. The molecule has 1 heterocycles. The Kier molecular flexibility index (Phi) is 5.08. The van der Waals surface area contributed by atoms with E-state index in [1.807, 2.05) is 0 Å². The van der Waals surface area contributed by atoms with Gasteiger partial charge in [0.25, 0.3) is 0 Å². The summed E-state index contributed by atoms with van der Waals surface area (Å²) >= 11 is 0. The minimum absolute atomic E-state index is 0.163. The number of rotatable bonds is 6. The molecule has 2 aliphatic rings. The lowest BCUT2D eigenvalue weighted by Crippen LogP contribution is -2.50. The topological polar surface area (TPSA) is 87.7 Å². The van der Waals surface area contributed by atoms with E-state index in [1.165, 1.54) is 19.3 Å². The smallest absolute Gasteiger partial charge is 0.314 e. The summed E-state index contributed by atoms with van der Waals surface area (Å²) in [4.78, 5) is 23.4. The van der Waals surface area contributed by atoms with Crippen molar-refractivity contribution in [2.24, 2.45) is 10.8 Å². The minimum Gasteiger partial charge on any atom is -0.481 e. The number of hydrogen-bond acceptors (Lipinski definition) is 3. The highest BCUT2D eigenvalue weighted by atomic mass is 16.5. The summed E-state index contributed by atoms with van der Waals surface area (Å²) in [5.74, 6) is -0.852. The SMILES string of the molecule is CCC1(CNC(=O)NCC2(C(=O)O)CCOCC2)CCC1. The van der Waals surface area contributed by atoms with Crippen LogP contribution in [0.4, 0.5) is 4.79 Å². The summed E-state index contributed by atoms with van der Waals surface area (Å²) in [5.41, 5.74) is -0.616. The number of aliphatic carboxylic acids is 1. The lowest BCUT2D eigenvalue weighted by atomic mass is 9.67. The molecule has 2 fully saturated rings. The van der Waals surface area contributed by atoms with Crippen LogP contribution in [0.1, 0.15) is 45.4 Å². The van der Waals surface area contributed by atoms with Crippen molar-refractivity contribution in [3.8, 4) is 0 Å². The molecule has 0 aromatic rings. The normalized spacial score (nSPS) is 22.9. The minimum atomic E-state index is -0.880. The van der Waals surface area contributed by atoms with E-state index in [0.29, 0.717) is 32.6 Å². The molecule has 1 saturated carbocycles. The van der Waals surface area contributed by atoms with Crippen LogP contribution in [0.5, 0.6) is 0 Å². The molecule has 1 aliphatic heterocycles. The second kappa shape index (κ2) is 6.64. The van der Waals surface area contributed by atoms with Gasteiger partial charge in [0.05, 0.1) is 5.41 Å². The molecule has 0 bridgehead atoms. The van der Waals surface area contributed by atoms with Gasteiger partial charge in [-0.2, -0.15) is 0 Å². The molecule has 1 aliphatic carbocycles. The van der Waals surface area contributed by atoms with Crippen LogP contribution in [0.3, 0.4) is 0 Å². The highest BCUT2D eigenvalue weighted by Crippen LogP contribution is 2.43. The molecular weight excluding hydrogens is 272 g/mol. The molecule has 0 unspecified atom stereocenters. The Morgan fingerprint density at radius 2 is 1.71 bits per heavy atom. The van der Waals surface area contributed by atoms with Gasteiger partial charge in [-0.25, -0.2) is 4.79 Å². The van der Waals surface area contributed by atoms with Gasteiger partial charge in [0.15, 0.2) is 0 Å². The fourth-order valence-electron chi connectivity index (χ4n) is 3.14. The van der Waals surface area contributed by atoms with E-state index in [9.17, 15) is 14.7 Å². The molecule has 3 N–H and O–H groups in total. The van der Waals surface area contributed by atoms with E-state index in [1.54, 1.807) is 0 Å². The quantitative estimate of drug-likeness (QED) is 0.697. The first kappa shape index (κ1) is 16.1. The van der Waals surface area contributed by atoms with Crippen LogP contribution in [0.15, 0.2) is 0 Å². The molecule has 0 spiro atoms. The van der Waals surface area contributed by atoms with Gasteiger partial charge in [-0.05, 0) is 37.5 Å². The Balaban J connectivity index is 1.78. The predicted octanol–water partition coefficient (Wildman–Crippen LogP) is 1.75. The number of carbonyl (C=O) groups is 2. The van der Waals surface area contributed by atoms with E-state index < -0.39 is 11.4 Å². The van der Waals surface area contributed by atoms with Crippen LogP contribution in [-0.2, 0) is 9.53 Å². The second-order valence-corrected chi connectivity index (χ2v) is 6.44. The van der Waals surface area contributed by atoms with Crippen molar-refractivity contribution in [3.63, 3.8) is 0 Å². The maximum atomic E-state index is 11.9. The molecule has 2 rings (SSSR count). The van der Waals surface area contributed by atoms with Gasteiger partial charge in [-0.15, -0.1) is 0 Å². The number of carboxylic acid groups (broad SMARTS) is 1. The first-order valence-electron chi connectivity index (χ1n) is 7.85. The number of ether oxygens (including phenoxy) is 1. The van der Waals surface area contributed by atoms with Gasteiger partial charge in [0.1, 0.15) is 0 Å². The van der Waals surface area contributed by atoms with Gasteiger partial charge >= 0.3 is 12.0 Å². The Morgan fingerprint density at radius 3 is 2.19 bits per heavy atom. The van der Waals surface area contributed by atoms with E-state index in [4.69, 9.17) is 4.74 Å². The van der Waals surface area contributed by atoms with Crippen LogP contribution in [0.2, 0.25) is 0 Å². The second-order valence-electron chi connectivity index (χ2n) is 6.44. The average Bonchev–Trinajstić information content (AvgIpc) is 2.45. The largest absolute Gasteiger partial charge is 0.481 e. The van der Waals surface area contributed by atoms with Crippen molar-refractivity contribution in [1.82, 2.24) is 10.6 Å². The van der Waals surface area contributed by atoms with E-state index in [0.717, 1.165) is 6.42 Å². The van der Waals surface area contributed by atoms with Crippen LogP contribution < -0.4 is 10.6 Å². The Labute approximate surface area is 125 Å². The number of nitrogens with one attached hydrogen (secondary N) is 2. The van der Waals surface area contributed by atoms with Crippen molar-refractivity contribution >= 4 is 12.0 Å². The number of carbonyl (C=O) groups excluding carboxylic acids is 1. The molecule has 1 saturated heterocycles. The van der Waals surface area contributed by atoms with Gasteiger partial charge in [0, 0.05) is 26.3 Å².